The van der Waals surface area contributed by atoms with Crippen LogP contribution in [-0.4, -0.2) is 17.6 Å². The summed E-state index contributed by atoms with van der Waals surface area (Å²) in [5.41, 5.74) is 4.06. The molecule has 0 unspecified atom stereocenters. The molecule has 0 spiro atoms. The van der Waals surface area contributed by atoms with Crippen molar-refractivity contribution < 1.29 is 9.59 Å². The molecule has 3 rings (SSSR count). The van der Waals surface area contributed by atoms with E-state index in [1.807, 2.05) is 36.4 Å². The van der Waals surface area contributed by atoms with E-state index in [9.17, 15) is 9.59 Å². The molecule has 1 heterocycles. The molecular formula is C16H13NO2. The van der Waals surface area contributed by atoms with Crippen molar-refractivity contribution in [2.75, 3.05) is 0 Å². The second-order valence-electron chi connectivity index (χ2n) is 4.63. The maximum absolute atomic E-state index is 10.6. The number of aromatic amines is 1. The van der Waals surface area contributed by atoms with Crippen molar-refractivity contribution in [1.82, 2.24) is 4.98 Å². The quantitative estimate of drug-likeness (QED) is 0.725. The summed E-state index contributed by atoms with van der Waals surface area (Å²) in [5.74, 6) is 0. The van der Waals surface area contributed by atoms with Crippen molar-refractivity contribution in [2.45, 2.75) is 12.8 Å². The summed E-state index contributed by atoms with van der Waals surface area (Å²) < 4.78 is 0. The number of benzene rings is 2. The minimum Gasteiger partial charge on any atom is -0.354 e. The molecular weight excluding hydrogens is 238 g/mol. The van der Waals surface area contributed by atoms with Crippen LogP contribution in [0, 0.1) is 0 Å². The minimum absolute atomic E-state index is 0.432. The van der Waals surface area contributed by atoms with Crippen molar-refractivity contribution in [3.05, 3.63) is 47.5 Å². The van der Waals surface area contributed by atoms with Gasteiger partial charge in [-0.05, 0) is 23.3 Å². The number of rotatable bonds is 4. The number of fused-ring (bicyclic) bond motifs is 3. The predicted molar refractivity (Wildman–Crippen MR) is 75.3 cm³/mol. The first kappa shape index (κ1) is 11.7. The van der Waals surface area contributed by atoms with Crippen LogP contribution in [-0.2, 0) is 22.4 Å². The highest BCUT2D eigenvalue weighted by Gasteiger charge is 2.05. The fourth-order valence-electron chi connectivity index (χ4n) is 2.45. The highest BCUT2D eigenvalue weighted by molar-refractivity contribution is 6.07. The molecule has 0 saturated heterocycles. The number of carbonyl (C=O) groups is 2. The zero-order valence-electron chi connectivity index (χ0n) is 10.3. The molecule has 2 aromatic carbocycles. The Morgan fingerprint density at radius 2 is 1.26 bits per heavy atom. The Morgan fingerprint density at radius 1 is 0.789 bits per heavy atom. The molecule has 3 aromatic rings. The molecule has 0 aliphatic heterocycles. The Labute approximate surface area is 110 Å². The summed E-state index contributed by atoms with van der Waals surface area (Å²) in [6.45, 7) is 0. The third-order valence-corrected chi connectivity index (χ3v) is 3.37. The molecule has 0 amide bonds. The molecule has 0 atom stereocenters. The summed E-state index contributed by atoms with van der Waals surface area (Å²) in [7, 11) is 0. The molecule has 1 aromatic heterocycles. The predicted octanol–water partition coefficient (Wildman–Crippen LogP) is 2.80. The van der Waals surface area contributed by atoms with Crippen LogP contribution in [0.2, 0.25) is 0 Å². The maximum Gasteiger partial charge on any atom is 0.124 e. The number of aldehydes is 2. The number of aromatic nitrogens is 1. The Kier molecular flexibility index (Phi) is 2.88. The van der Waals surface area contributed by atoms with Crippen molar-refractivity contribution in [3.8, 4) is 0 Å². The first-order valence-electron chi connectivity index (χ1n) is 6.22. The van der Waals surface area contributed by atoms with Crippen LogP contribution in [0.25, 0.3) is 21.8 Å². The molecule has 3 nitrogen and oxygen atoms in total. The highest BCUT2D eigenvalue weighted by atomic mass is 16.1. The van der Waals surface area contributed by atoms with Gasteiger partial charge in [0, 0.05) is 34.6 Å². The Hall–Kier alpha value is -2.42. The average molecular weight is 251 g/mol. The molecule has 1 N–H and O–H groups in total. The van der Waals surface area contributed by atoms with E-state index >= 15 is 0 Å². The van der Waals surface area contributed by atoms with Gasteiger partial charge in [-0.2, -0.15) is 0 Å². The van der Waals surface area contributed by atoms with Crippen LogP contribution in [0.15, 0.2) is 36.4 Å². The van der Waals surface area contributed by atoms with Gasteiger partial charge in [-0.1, -0.05) is 24.3 Å². The van der Waals surface area contributed by atoms with Gasteiger partial charge in [0.2, 0.25) is 0 Å². The third kappa shape index (κ3) is 2.03. The summed E-state index contributed by atoms with van der Waals surface area (Å²) in [5, 5.41) is 2.28. The second kappa shape index (κ2) is 4.69. The molecule has 0 saturated carbocycles. The van der Waals surface area contributed by atoms with E-state index in [0.29, 0.717) is 12.8 Å². The zero-order chi connectivity index (χ0) is 13.2. The number of hydrogen-bond acceptors (Lipinski definition) is 2. The normalized spacial score (nSPS) is 10.9. The van der Waals surface area contributed by atoms with Crippen LogP contribution < -0.4 is 0 Å². The molecule has 0 bridgehead atoms. The Morgan fingerprint density at radius 3 is 1.68 bits per heavy atom. The number of hydrogen-bond donors (Lipinski definition) is 1. The van der Waals surface area contributed by atoms with Crippen LogP contribution in [0.5, 0.6) is 0 Å². The van der Waals surface area contributed by atoms with Crippen LogP contribution in [0.3, 0.4) is 0 Å². The van der Waals surface area contributed by atoms with Crippen LogP contribution in [0.1, 0.15) is 11.1 Å². The van der Waals surface area contributed by atoms with Gasteiger partial charge in [-0.25, -0.2) is 0 Å². The van der Waals surface area contributed by atoms with Gasteiger partial charge in [0.25, 0.3) is 0 Å². The second-order valence-corrected chi connectivity index (χ2v) is 4.63. The lowest BCUT2D eigenvalue weighted by molar-refractivity contribution is -0.108. The van der Waals surface area contributed by atoms with Crippen LogP contribution >= 0.6 is 0 Å². The summed E-state index contributed by atoms with van der Waals surface area (Å²) in [4.78, 5) is 24.5. The van der Waals surface area contributed by atoms with E-state index in [-0.39, 0.29) is 0 Å². The van der Waals surface area contributed by atoms with Gasteiger partial charge >= 0.3 is 0 Å². The smallest absolute Gasteiger partial charge is 0.124 e. The highest BCUT2D eigenvalue weighted by Crippen LogP contribution is 2.27. The lowest BCUT2D eigenvalue weighted by atomic mass is 10.1. The molecule has 0 fully saturated rings. The Bertz CT molecular complexity index is 707. The van der Waals surface area contributed by atoms with Crippen molar-refractivity contribution >= 4 is 34.4 Å². The first-order chi connectivity index (χ1) is 9.31. The molecule has 0 aliphatic rings. The third-order valence-electron chi connectivity index (χ3n) is 3.37. The van der Waals surface area contributed by atoms with Gasteiger partial charge < -0.3 is 14.6 Å². The van der Waals surface area contributed by atoms with Gasteiger partial charge in [0.05, 0.1) is 0 Å². The topological polar surface area (TPSA) is 49.9 Å². The average Bonchev–Trinajstić information content (AvgIpc) is 2.76. The van der Waals surface area contributed by atoms with E-state index < -0.39 is 0 Å². The molecule has 0 radical (unpaired) electrons. The lowest BCUT2D eigenvalue weighted by Gasteiger charge is -1.96. The van der Waals surface area contributed by atoms with E-state index in [4.69, 9.17) is 0 Å². The fraction of sp³-hybridized carbons (Fsp3) is 0.125. The van der Waals surface area contributed by atoms with Crippen molar-refractivity contribution in [1.29, 1.82) is 0 Å². The number of nitrogens with one attached hydrogen (secondary N) is 1. The minimum atomic E-state index is 0.432. The van der Waals surface area contributed by atoms with Gasteiger partial charge in [-0.3, -0.25) is 0 Å². The molecule has 3 heteroatoms. The Balaban J connectivity index is 2.19. The van der Waals surface area contributed by atoms with E-state index in [1.54, 1.807) is 0 Å². The first-order valence-corrected chi connectivity index (χ1v) is 6.22. The summed E-state index contributed by atoms with van der Waals surface area (Å²) in [6.07, 6.45) is 2.68. The van der Waals surface area contributed by atoms with E-state index in [1.165, 1.54) is 0 Å². The largest absolute Gasteiger partial charge is 0.354 e. The lowest BCUT2D eigenvalue weighted by Crippen LogP contribution is -1.84. The molecule has 19 heavy (non-hydrogen) atoms. The van der Waals surface area contributed by atoms with Crippen molar-refractivity contribution in [2.24, 2.45) is 0 Å². The number of carbonyl (C=O) groups excluding carboxylic acids is 2. The molecule has 94 valence electrons. The zero-order valence-corrected chi connectivity index (χ0v) is 10.3. The SMILES string of the molecule is O=CCc1ccc2c(c1)[nH]c1cc(CC=O)ccc12. The van der Waals surface area contributed by atoms with E-state index in [2.05, 4.69) is 4.98 Å². The molecule has 0 aliphatic carbocycles. The monoisotopic (exact) mass is 251 g/mol. The van der Waals surface area contributed by atoms with Gasteiger partial charge in [-0.15, -0.1) is 0 Å². The number of H-pyrrole nitrogens is 1. The van der Waals surface area contributed by atoms with E-state index in [0.717, 1.165) is 45.5 Å². The maximum atomic E-state index is 10.6. The summed E-state index contributed by atoms with van der Waals surface area (Å²) in [6, 6.07) is 12.0. The fourth-order valence-corrected chi connectivity index (χ4v) is 2.45. The summed E-state index contributed by atoms with van der Waals surface area (Å²) >= 11 is 0. The standard InChI is InChI=1S/C16H13NO2/c18-7-5-11-1-3-13-14-4-2-12(6-8-19)10-16(14)17-15(13)9-11/h1-4,7-10,17H,5-6H2. The van der Waals surface area contributed by atoms with Crippen molar-refractivity contribution in [3.63, 3.8) is 0 Å². The van der Waals surface area contributed by atoms with Crippen LogP contribution in [0.4, 0.5) is 0 Å². The van der Waals surface area contributed by atoms with Gasteiger partial charge in [0.15, 0.2) is 0 Å². The van der Waals surface area contributed by atoms with Gasteiger partial charge in [0.1, 0.15) is 12.6 Å².